The first-order valence-electron chi connectivity index (χ1n) is 7.91. The Bertz CT molecular complexity index is 635. The van der Waals surface area contributed by atoms with E-state index in [0.29, 0.717) is 0 Å². The summed E-state index contributed by atoms with van der Waals surface area (Å²) >= 11 is 0. The lowest BCUT2D eigenvalue weighted by atomic mass is 9.92. The number of nitrogens with zero attached hydrogens (tertiary/aromatic N) is 1. The molecular weight excluding hydrogens is 290 g/mol. The lowest BCUT2D eigenvalue weighted by molar-refractivity contribution is -0.129. The predicted molar refractivity (Wildman–Crippen MR) is 91.4 cm³/mol. The summed E-state index contributed by atoms with van der Waals surface area (Å²) in [6, 6.07) is 8.24. The second kappa shape index (κ2) is 7.42. The highest BCUT2D eigenvalue weighted by Crippen LogP contribution is 2.39. The molecule has 5 nitrogen and oxygen atoms in total. The van der Waals surface area contributed by atoms with E-state index in [-0.39, 0.29) is 17.7 Å². The number of hydrogen-bond donors (Lipinski definition) is 2. The van der Waals surface area contributed by atoms with Crippen LogP contribution in [0.1, 0.15) is 31.4 Å². The smallest absolute Gasteiger partial charge is 0.245 e. The number of carbonyl (C=O) groups is 2. The van der Waals surface area contributed by atoms with Gasteiger partial charge in [0.25, 0.3) is 0 Å². The van der Waals surface area contributed by atoms with Gasteiger partial charge in [0.05, 0.1) is 5.92 Å². The average Bonchev–Trinajstić information content (AvgIpc) is 2.88. The van der Waals surface area contributed by atoms with Crippen LogP contribution < -0.4 is 10.9 Å². The van der Waals surface area contributed by atoms with Crippen molar-refractivity contribution in [1.82, 2.24) is 15.8 Å². The van der Waals surface area contributed by atoms with Crippen LogP contribution in [0, 0.1) is 5.92 Å². The Balaban J connectivity index is 2.25. The van der Waals surface area contributed by atoms with E-state index in [4.69, 9.17) is 0 Å². The molecular formula is C18H25N3O2. The maximum absolute atomic E-state index is 12.4. The van der Waals surface area contributed by atoms with Crippen molar-refractivity contribution in [3.63, 3.8) is 0 Å². The average molecular weight is 315 g/mol. The molecule has 0 aliphatic heterocycles. The van der Waals surface area contributed by atoms with Crippen LogP contribution in [0.25, 0.3) is 5.57 Å². The number of rotatable bonds is 5. The summed E-state index contributed by atoms with van der Waals surface area (Å²) in [5, 5.41) is 0. The summed E-state index contributed by atoms with van der Waals surface area (Å²) in [7, 11) is 4.10. The molecule has 1 aliphatic rings. The topological polar surface area (TPSA) is 61.4 Å². The molecule has 0 heterocycles. The number of carbonyl (C=O) groups excluding carboxylic acids is 2. The van der Waals surface area contributed by atoms with Crippen molar-refractivity contribution in [2.24, 2.45) is 5.92 Å². The number of amides is 2. The highest BCUT2D eigenvalue weighted by atomic mass is 16.2. The van der Waals surface area contributed by atoms with Crippen molar-refractivity contribution < 1.29 is 9.59 Å². The summed E-state index contributed by atoms with van der Waals surface area (Å²) in [5.41, 5.74) is 9.71. The van der Waals surface area contributed by atoms with Crippen LogP contribution >= 0.6 is 0 Å². The zero-order chi connectivity index (χ0) is 17.0. The zero-order valence-corrected chi connectivity index (χ0v) is 14.3. The van der Waals surface area contributed by atoms with Crippen molar-refractivity contribution in [2.75, 3.05) is 20.6 Å². The van der Waals surface area contributed by atoms with E-state index in [1.807, 2.05) is 19.1 Å². The number of benzene rings is 1. The molecule has 0 saturated heterocycles. The van der Waals surface area contributed by atoms with E-state index < -0.39 is 0 Å². The molecule has 5 heteroatoms. The van der Waals surface area contributed by atoms with Gasteiger partial charge in [-0.05, 0) is 50.6 Å². The molecule has 2 rings (SSSR count). The Morgan fingerprint density at radius 1 is 1.22 bits per heavy atom. The third-order valence-corrected chi connectivity index (χ3v) is 4.14. The Morgan fingerprint density at radius 3 is 2.57 bits per heavy atom. The van der Waals surface area contributed by atoms with E-state index in [1.165, 1.54) is 18.1 Å². The maximum atomic E-state index is 12.4. The molecule has 0 bridgehead atoms. The van der Waals surface area contributed by atoms with Crippen LogP contribution in [0.4, 0.5) is 0 Å². The third-order valence-electron chi connectivity index (χ3n) is 4.14. The molecule has 0 aromatic heterocycles. The van der Waals surface area contributed by atoms with Gasteiger partial charge in [0.1, 0.15) is 0 Å². The predicted octanol–water partition coefficient (Wildman–Crippen LogP) is 1.75. The van der Waals surface area contributed by atoms with Crippen LogP contribution in [0.5, 0.6) is 0 Å². The molecule has 1 aliphatic carbocycles. The highest BCUT2D eigenvalue weighted by molar-refractivity contribution is 5.95. The summed E-state index contributed by atoms with van der Waals surface area (Å²) in [5.74, 6) is -0.767. The fourth-order valence-corrected chi connectivity index (χ4v) is 2.96. The van der Waals surface area contributed by atoms with E-state index >= 15 is 0 Å². The van der Waals surface area contributed by atoms with Gasteiger partial charge in [-0.3, -0.25) is 20.4 Å². The Kier molecular flexibility index (Phi) is 5.55. The standard InChI is InChI=1S/C18H25N3O2/c1-12(18(23)20-19-13(2)22)17-15(9-10-21(3)4)11-14-7-5-6-8-16(14)17/h5-8,12H,9-11H2,1-4H3,(H,19,22)(H,20,23). The molecule has 124 valence electrons. The summed E-state index contributed by atoms with van der Waals surface area (Å²) < 4.78 is 0. The molecule has 2 amide bonds. The van der Waals surface area contributed by atoms with Gasteiger partial charge in [-0.25, -0.2) is 0 Å². The number of fused-ring (bicyclic) bond motifs is 1. The maximum Gasteiger partial charge on any atom is 0.245 e. The molecule has 0 spiro atoms. The molecule has 1 atom stereocenters. The van der Waals surface area contributed by atoms with E-state index in [2.05, 4.69) is 42.0 Å². The lowest BCUT2D eigenvalue weighted by Gasteiger charge is -2.18. The van der Waals surface area contributed by atoms with Crippen molar-refractivity contribution in [3.05, 3.63) is 41.0 Å². The van der Waals surface area contributed by atoms with Crippen molar-refractivity contribution in [3.8, 4) is 0 Å². The molecule has 23 heavy (non-hydrogen) atoms. The zero-order valence-electron chi connectivity index (χ0n) is 14.3. The van der Waals surface area contributed by atoms with Gasteiger partial charge in [-0.2, -0.15) is 0 Å². The molecule has 2 N–H and O–H groups in total. The summed E-state index contributed by atoms with van der Waals surface area (Å²) in [6.07, 6.45) is 1.84. The lowest BCUT2D eigenvalue weighted by Crippen LogP contribution is -2.43. The van der Waals surface area contributed by atoms with E-state index in [0.717, 1.165) is 30.5 Å². The fraction of sp³-hybridized carbons (Fsp3) is 0.444. The van der Waals surface area contributed by atoms with Crippen LogP contribution in [0.2, 0.25) is 0 Å². The van der Waals surface area contributed by atoms with Gasteiger partial charge in [0, 0.05) is 13.5 Å². The molecule has 1 aromatic rings. The Morgan fingerprint density at radius 2 is 1.91 bits per heavy atom. The molecule has 0 fully saturated rings. The minimum atomic E-state index is -0.303. The number of hydrogen-bond acceptors (Lipinski definition) is 3. The summed E-state index contributed by atoms with van der Waals surface area (Å²) in [6.45, 7) is 4.22. The van der Waals surface area contributed by atoms with Gasteiger partial charge >= 0.3 is 0 Å². The van der Waals surface area contributed by atoms with Crippen LogP contribution in [-0.4, -0.2) is 37.4 Å². The second-order valence-corrected chi connectivity index (χ2v) is 6.30. The van der Waals surface area contributed by atoms with Crippen molar-refractivity contribution in [1.29, 1.82) is 0 Å². The van der Waals surface area contributed by atoms with Gasteiger partial charge in [-0.15, -0.1) is 0 Å². The highest BCUT2D eigenvalue weighted by Gasteiger charge is 2.28. The van der Waals surface area contributed by atoms with E-state index in [9.17, 15) is 9.59 Å². The van der Waals surface area contributed by atoms with Crippen LogP contribution in [0.15, 0.2) is 29.8 Å². The molecule has 0 saturated carbocycles. The number of nitrogens with one attached hydrogen (secondary N) is 2. The Labute approximate surface area is 137 Å². The first kappa shape index (κ1) is 17.2. The van der Waals surface area contributed by atoms with Gasteiger partial charge in [0.15, 0.2) is 0 Å². The monoisotopic (exact) mass is 315 g/mol. The second-order valence-electron chi connectivity index (χ2n) is 6.30. The third kappa shape index (κ3) is 4.20. The van der Waals surface area contributed by atoms with Crippen molar-refractivity contribution in [2.45, 2.75) is 26.7 Å². The summed E-state index contributed by atoms with van der Waals surface area (Å²) in [4.78, 5) is 25.5. The quantitative estimate of drug-likeness (QED) is 0.814. The molecule has 1 unspecified atom stereocenters. The van der Waals surface area contributed by atoms with Gasteiger partial charge < -0.3 is 4.90 Å². The SMILES string of the molecule is CC(=O)NNC(=O)C(C)C1=C(CCN(C)C)Cc2ccccc21. The molecule has 0 radical (unpaired) electrons. The number of hydrazine groups is 1. The minimum Gasteiger partial charge on any atom is -0.309 e. The first-order valence-corrected chi connectivity index (χ1v) is 7.91. The Hall–Kier alpha value is -2.14. The van der Waals surface area contributed by atoms with Crippen LogP contribution in [-0.2, 0) is 16.0 Å². The minimum absolute atomic E-state index is 0.186. The molecule has 1 aromatic carbocycles. The van der Waals surface area contributed by atoms with E-state index in [1.54, 1.807) is 0 Å². The van der Waals surface area contributed by atoms with Gasteiger partial charge in [-0.1, -0.05) is 29.8 Å². The van der Waals surface area contributed by atoms with Crippen LogP contribution in [0.3, 0.4) is 0 Å². The largest absolute Gasteiger partial charge is 0.309 e. The van der Waals surface area contributed by atoms with Crippen molar-refractivity contribution >= 4 is 17.4 Å². The fourth-order valence-electron chi connectivity index (χ4n) is 2.96. The first-order chi connectivity index (χ1) is 10.9. The normalized spacial score (nSPS) is 14.7. The van der Waals surface area contributed by atoms with Gasteiger partial charge in [0.2, 0.25) is 11.8 Å².